The molecule has 0 radical (unpaired) electrons. The highest BCUT2D eigenvalue weighted by Gasteiger charge is 2.30. The molecule has 0 saturated heterocycles. The van der Waals surface area contributed by atoms with Crippen molar-refractivity contribution in [3.63, 3.8) is 0 Å². The van der Waals surface area contributed by atoms with E-state index in [0.717, 1.165) is 24.0 Å². The van der Waals surface area contributed by atoms with Crippen LogP contribution < -0.4 is 18.9 Å². The van der Waals surface area contributed by atoms with E-state index in [1.807, 2.05) is 13.8 Å². The third-order valence-corrected chi connectivity index (χ3v) is 6.25. The largest absolute Gasteiger partial charge is 0.496 e. The molecule has 224 valence electrons. The lowest BCUT2D eigenvalue weighted by Crippen LogP contribution is -2.26. The molecule has 0 aliphatic carbocycles. The van der Waals surface area contributed by atoms with Gasteiger partial charge in [-0.1, -0.05) is 26.7 Å². The lowest BCUT2D eigenvalue weighted by Gasteiger charge is -2.25. The normalized spacial score (nSPS) is 11.9. The molecule has 2 aromatic rings. The van der Waals surface area contributed by atoms with Gasteiger partial charge in [0.25, 0.3) is 0 Å². The van der Waals surface area contributed by atoms with Crippen LogP contribution in [-0.4, -0.2) is 31.4 Å². The zero-order valence-electron chi connectivity index (χ0n) is 26.4. The Morgan fingerprint density at radius 2 is 1.24 bits per heavy atom. The summed E-state index contributed by atoms with van der Waals surface area (Å²) >= 11 is 0. The predicted molar refractivity (Wildman–Crippen MR) is 162 cm³/mol. The average molecular weight is 567 g/mol. The van der Waals surface area contributed by atoms with Gasteiger partial charge in [-0.05, 0) is 97.7 Å². The first kappa shape index (κ1) is 33.6. The van der Waals surface area contributed by atoms with Crippen molar-refractivity contribution in [2.45, 2.75) is 88.0 Å². The van der Waals surface area contributed by atoms with Crippen LogP contribution in [0.25, 0.3) is 6.08 Å². The Hall–Kier alpha value is -3.61. The van der Waals surface area contributed by atoms with Gasteiger partial charge >= 0.3 is 11.9 Å². The Labute approximate surface area is 245 Å². The van der Waals surface area contributed by atoms with Crippen molar-refractivity contribution in [1.29, 1.82) is 0 Å². The number of ether oxygens (including phenoxy) is 4. The molecule has 0 fully saturated rings. The maximum Gasteiger partial charge on any atom is 0.316 e. The minimum absolute atomic E-state index is 0.265. The van der Waals surface area contributed by atoms with Crippen molar-refractivity contribution < 1.29 is 33.3 Å². The number of hydrogen-bond acceptors (Lipinski definition) is 7. The third kappa shape index (κ3) is 8.69. The van der Waals surface area contributed by atoms with Gasteiger partial charge < -0.3 is 18.9 Å². The van der Waals surface area contributed by atoms with E-state index < -0.39 is 16.8 Å². The molecule has 2 aromatic carbocycles. The fraction of sp³-hybridized carbons (Fsp3) is 0.500. The summed E-state index contributed by atoms with van der Waals surface area (Å²) < 4.78 is 23.5. The highest BCUT2D eigenvalue weighted by Crippen LogP contribution is 2.46. The molecule has 7 heteroatoms. The topological polar surface area (TPSA) is 88.1 Å². The van der Waals surface area contributed by atoms with Gasteiger partial charge in [0, 0.05) is 16.7 Å². The molecular formula is C34H46O7. The van der Waals surface area contributed by atoms with E-state index in [9.17, 15) is 14.4 Å². The maximum atomic E-state index is 13.2. The Bertz CT molecular complexity index is 1260. The van der Waals surface area contributed by atoms with Crippen molar-refractivity contribution in [3.05, 3.63) is 52.6 Å². The second kappa shape index (κ2) is 14.3. The van der Waals surface area contributed by atoms with Gasteiger partial charge in [-0.15, -0.1) is 0 Å². The van der Waals surface area contributed by atoms with Crippen LogP contribution in [0.15, 0.2) is 30.3 Å². The van der Waals surface area contributed by atoms with Crippen molar-refractivity contribution in [3.8, 4) is 23.0 Å². The summed E-state index contributed by atoms with van der Waals surface area (Å²) in [5, 5.41) is 0. The molecule has 41 heavy (non-hydrogen) atoms. The average Bonchev–Trinajstić information content (AvgIpc) is 2.89. The van der Waals surface area contributed by atoms with Crippen LogP contribution in [0.4, 0.5) is 0 Å². The number of rotatable bonds is 12. The molecule has 0 heterocycles. The Morgan fingerprint density at radius 3 is 1.71 bits per heavy atom. The minimum Gasteiger partial charge on any atom is -0.496 e. The van der Waals surface area contributed by atoms with Crippen LogP contribution >= 0.6 is 0 Å². The van der Waals surface area contributed by atoms with Crippen molar-refractivity contribution in [2.24, 2.45) is 10.8 Å². The third-order valence-electron chi connectivity index (χ3n) is 6.25. The predicted octanol–water partition coefficient (Wildman–Crippen LogP) is 7.80. The van der Waals surface area contributed by atoms with E-state index in [1.54, 1.807) is 79.0 Å². The minimum atomic E-state index is -0.750. The molecule has 7 nitrogen and oxygen atoms in total. The Balaban J connectivity index is 2.66. The standard InChI is InChI=1S/C34H46O7/c1-11-14-24-28(38-10)25(15-12-2)30(41-32(37)34(7,8)9)26(29(24)39-13-3)20-21-27(35)22-16-18-23(19-17-22)40-31(36)33(4,5)6/h16-21H,11-15H2,1-10H3. The van der Waals surface area contributed by atoms with Gasteiger partial charge in [0.05, 0.1) is 30.1 Å². The van der Waals surface area contributed by atoms with Gasteiger partial charge in [0.15, 0.2) is 5.78 Å². The highest BCUT2D eigenvalue weighted by atomic mass is 16.5. The lowest BCUT2D eigenvalue weighted by atomic mass is 9.93. The van der Waals surface area contributed by atoms with Crippen LogP contribution in [0.3, 0.4) is 0 Å². The van der Waals surface area contributed by atoms with Gasteiger partial charge in [-0.2, -0.15) is 0 Å². The van der Waals surface area contributed by atoms with E-state index >= 15 is 0 Å². The van der Waals surface area contributed by atoms with E-state index in [1.165, 1.54) is 6.08 Å². The number of allylic oxidation sites excluding steroid dienone is 1. The molecule has 2 rings (SSSR count). The number of hydrogen-bond donors (Lipinski definition) is 0. The first-order chi connectivity index (χ1) is 19.2. The van der Waals surface area contributed by atoms with Crippen molar-refractivity contribution >= 4 is 23.8 Å². The number of ketones is 1. The first-order valence-corrected chi connectivity index (χ1v) is 14.3. The van der Waals surface area contributed by atoms with Crippen molar-refractivity contribution in [1.82, 2.24) is 0 Å². The number of carbonyl (C=O) groups is 3. The van der Waals surface area contributed by atoms with Crippen LogP contribution in [0.2, 0.25) is 0 Å². The monoisotopic (exact) mass is 566 g/mol. The smallest absolute Gasteiger partial charge is 0.316 e. The molecule has 0 atom stereocenters. The quantitative estimate of drug-likeness (QED) is 0.112. The van der Waals surface area contributed by atoms with E-state index in [-0.39, 0.29) is 11.8 Å². The molecule has 0 N–H and O–H groups in total. The second-order valence-electron chi connectivity index (χ2n) is 12.0. The van der Waals surface area contributed by atoms with Gasteiger partial charge in [-0.3, -0.25) is 14.4 Å². The summed E-state index contributed by atoms with van der Waals surface area (Å²) in [6.07, 6.45) is 6.04. The van der Waals surface area contributed by atoms with Gasteiger partial charge in [-0.25, -0.2) is 0 Å². The maximum absolute atomic E-state index is 13.2. The highest BCUT2D eigenvalue weighted by molar-refractivity contribution is 6.07. The number of esters is 2. The zero-order valence-corrected chi connectivity index (χ0v) is 26.4. The fourth-order valence-electron chi connectivity index (χ4n) is 4.04. The molecular weight excluding hydrogens is 520 g/mol. The van der Waals surface area contributed by atoms with Crippen molar-refractivity contribution in [2.75, 3.05) is 13.7 Å². The number of carbonyl (C=O) groups excluding carboxylic acids is 3. The zero-order chi connectivity index (χ0) is 31.0. The van der Waals surface area contributed by atoms with Crippen LogP contribution in [0.5, 0.6) is 23.0 Å². The summed E-state index contributed by atoms with van der Waals surface area (Å²) in [4.78, 5) is 38.6. The van der Waals surface area contributed by atoms with Crippen LogP contribution in [-0.2, 0) is 22.4 Å². The number of benzene rings is 2. The molecule has 0 spiro atoms. The molecule has 0 aliphatic heterocycles. The van der Waals surface area contributed by atoms with Gasteiger partial charge in [0.1, 0.15) is 23.0 Å². The number of methoxy groups -OCH3 is 1. The second-order valence-corrected chi connectivity index (χ2v) is 12.0. The lowest BCUT2D eigenvalue weighted by molar-refractivity contribution is -0.143. The molecule has 0 amide bonds. The Kier molecular flexibility index (Phi) is 11.7. The fourth-order valence-corrected chi connectivity index (χ4v) is 4.04. The van der Waals surface area contributed by atoms with E-state index in [0.29, 0.717) is 53.6 Å². The van der Waals surface area contributed by atoms with E-state index in [2.05, 4.69) is 6.92 Å². The summed E-state index contributed by atoms with van der Waals surface area (Å²) in [5.74, 6) is 0.879. The SMILES string of the molecule is CCCc1c(OCC)c(C=CC(=O)c2ccc(OC(=O)C(C)(C)C)cc2)c(OC(=O)C(C)(C)C)c(CCC)c1OC. The summed E-state index contributed by atoms with van der Waals surface area (Å²) in [7, 11) is 1.61. The van der Waals surface area contributed by atoms with E-state index in [4.69, 9.17) is 18.9 Å². The Morgan fingerprint density at radius 1 is 0.732 bits per heavy atom. The van der Waals surface area contributed by atoms with Crippen LogP contribution in [0, 0.1) is 10.8 Å². The molecule has 0 unspecified atom stereocenters. The van der Waals surface area contributed by atoms with Crippen LogP contribution in [0.1, 0.15) is 102 Å². The summed E-state index contributed by atoms with van der Waals surface area (Å²) in [6.45, 7) is 17.1. The molecule has 0 bridgehead atoms. The first-order valence-electron chi connectivity index (χ1n) is 14.3. The molecule has 0 saturated carbocycles. The summed E-state index contributed by atoms with van der Waals surface area (Å²) in [6, 6.07) is 6.42. The molecule has 0 aliphatic rings. The van der Waals surface area contributed by atoms with Gasteiger partial charge in [0.2, 0.25) is 0 Å². The summed E-state index contributed by atoms with van der Waals surface area (Å²) in [5.41, 5.74) is 1.21. The molecule has 0 aromatic heterocycles.